The molecule has 0 unspecified atom stereocenters. The number of carbonyl (C=O) groups excluding carboxylic acids is 1. The van der Waals surface area contributed by atoms with E-state index in [9.17, 15) is 13.2 Å². The number of para-hydroxylation sites is 1. The molecular formula is C14H19NO3S2. The summed E-state index contributed by atoms with van der Waals surface area (Å²) in [6, 6.07) is 7.38. The van der Waals surface area contributed by atoms with Crippen molar-refractivity contribution in [3.05, 3.63) is 24.3 Å². The van der Waals surface area contributed by atoms with E-state index in [0.29, 0.717) is 18.5 Å². The van der Waals surface area contributed by atoms with Gasteiger partial charge in [-0.1, -0.05) is 25.0 Å². The summed E-state index contributed by atoms with van der Waals surface area (Å²) in [5, 5.41) is 2.37. The largest absolute Gasteiger partial charge is 0.324 e. The molecule has 6 heteroatoms. The molecule has 1 aliphatic rings. The first-order chi connectivity index (χ1) is 9.53. The smallest absolute Gasteiger partial charge is 0.239 e. The molecule has 4 nitrogen and oxygen atoms in total. The van der Waals surface area contributed by atoms with Crippen molar-refractivity contribution in [3.63, 3.8) is 0 Å². The van der Waals surface area contributed by atoms with Crippen LogP contribution in [0.2, 0.25) is 0 Å². The van der Waals surface area contributed by atoms with Crippen molar-refractivity contribution in [1.82, 2.24) is 0 Å². The van der Waals surface area contributed by atoms with E-state index in [2.05, 4.69) is 5.32 Å². The molecule has 1 fully saturated rings. The van der Waals surface area contributed by atoms with Gasteiger partial charge in [0.2, 0.25) is 5.91 Å². The van der Waals surface area contributed by atoms with Gasteiger partial charge in [0, 0.05) is 4.90 Å². The fourth-order valence-electron chi connectivity index (χ4n) is 2.48. The Morgan fingerprint density at radius 3 is 2.60 bits per heavy atom. The van der Waals surface area contributed by atoms with Gasteiger partial charge >= 0.3 is 0 Å². The first-order valence-electron chi connectivity index (χ1n) is 6.67. The van der Waals surface area contributed by atoms with Crippen LogP contribution < -0.4 is 5.32 Å². The lowest BCUT2D eigenvalue weighted by molar-refractivity contribution is -0.113. The van der Waals surface area contributed by atoms with Crippen molar-refractivity contribution >= 4 is 33.2 Å². The number of anilines is 1. The molecule has 2 rings (SSSR count). The molecule has 1 aliphatic carbocycles. The maximum absolute atomic E-state index is 12.1. The van der Waals surface area contributed by atoms with Gasteiger partial charge in [0.15, 0.2) is 9.84 Å². The van der Waals surface area contributed by atoms with Gasteiger partial charge in [-0.05, 0) is 31.2 Å². The molecular weight excluding hydrogens is 294 g/mol. The number of hydrogen-bond acceptors (Lipinski definition) is 4. The highest BCUT2D eigenvalue weighted by atomic mass is 32.2. The molecule has 0 aliphatic heterocycles. The number of carbonyl (C=O) groups is 1. The number of nitrogens with one attached hydrogen (secondary N) is 1. The van der Waals surface area contributed by atoms with Crippen molar-refractivity contribution in [3.8, 4) is 0 Å². The molecule has 1 amide bonds. The van der Waals surface area contributed by atoms with Crippen molar-refractivity contribution < 1.29 is 13.2 Å². The van der Waals surface area contributed by atoms with Crippen LogP contribution in [0.3, 0.4) is 0 Å². The van der Waals surface area contributed by atoms with Crippen LogP contribution >= 0.6 is 11.8 Å². The molecule has 1 aromatic rings. The third-order valence-corrected chi connectivity index (χ3v) is 6.47. The van der Waals surface area contributed by atoms with Gasteiger partial charge in [0.25, 0.3) is 0 Å². The number of amides is 1. The summed E-state index contributed by atoms with van der Waals surface area (Å²) < 4.78 is 24.2. The summed E-state index contributed by atoms with van der Waals surface area (Å²) in [5.74, 6) is -0.862. The quantitative estimate of drug-likeness (QED) is 0.849. The lowest BCUT2D eigenvalue weighted by Gasteiger charge is -2.12. The third-order valence-electron chi connectivity index (χ3n) is 3.52. The second-order valence-electron chi connectivity index (χ2n) is 4.96. The topological polar surface area (TPSA) is 63.2 Å². The number of benzene rings is 1. The number of sulfone groups is 1. The Balaban J connectivity index is 2.02. The van der Waals surface area contributed by atoms with E-state index < -0.39 is 21.5 Å². The summed E-state index contributed by atoms with van der Waals surface area (Å²) in [7, 11) is -3.32. The monoisotopic (exact) mass is 313 g/mol. The fourth-order valence-corrected chi connectivity index (χ4v) is 4.76. The maximum Gasteiger partial charge on any atom is 0.239 e. The van der Waals surface area contributed by atoms with Crippen LogP contribution in [0.1, 0.15) is 25.7 Å². The van der Waals surface area contributed by atoms with E-state index in [0.717, 1.165) is 17.7 Å². The molecule has 20 heavy (non-hydrogen) atoms. The lowest BCUT2D eigenvalue weighted by atomic mass is 10.3. The zero-order valence-electron chi connectivity index (χ0n) is 11.5. The molecule has 0 saturated heterocycles. The Morgan fingerprint density at radius 1 is 1.30 bits per heavy atom. The van der Waals surface area contributed by atoms with Gasteiger partial charge in [0.1, 0.15) is 5.75 Å². The molecule has 110 valence electrons. The first kappa shape index (κ1) is 15.4. The van der Waals surface area contributed by atoms with Crippen molar-refractivity contribution in [2.45, 2.75) is 35.8 Å². The van der Waals surface area contributed by atoms with Crippen LogP contribution in [0.25, 0.3) is 0 Å². The van der Waals surface area contributed by atoms with Gasteiger partial charge < -0.3 is 5.32 Å². The van der Waals surface area contributed by atoms with E-state index in [4.69, 9.17) is 0 Å². The van der Waals surface area contributed by atoms with Crippen molar-refractivity contribution in [2.75, 3.05) is 17.3 Å². The average Bonchev–Trinajstić information content (AvgIpc) is 2.93. The Morgan fingerprint density at radius 2 is 1.95 bits per heavy atom. The van der Waals surface area contributed by atoms with Crippen molar-refractivity contribution in [1.29, 1.82) is 0 Å². The normalized spacial score (nSPS) is 16.2. The van der Waals surface area contributed by atoms with E-state index >= 15 is 0 Å². The van der Waals surface area contributed by atoms with E-state index in [1.54, 1.807) is 6.07 Å². The van der Waals surface area contributed by atoms with Crippen molar-refractivity contribution in [2.24, 2.45) is 0 Å². The summed E-state index contributed by atoms with van der Waals surface area (Å²) in [6.45, 7) is 0. The highest BCUT2D eigenvalue weighted by molar-refractivity contribution is 7.98. The number of hydrogen-bond donors (Lipinski definition) is 1. The minimum absolute atomic E-state index is 0.330. The molecule has 1 saturated carbocycles. The second-order valence-corrected chi connectivity index (χ2v) is 8.09. The predicted octanol–water partition coefficient (Wildman–Crippen LogP) is 2.70. The number of rotatable bonds is 5. The third kappa shape index (κ3) is 3.76. The Labute approximate surface area is 124 Å². The SMILES string of the molecule is CSc1ccccc1NC(=O)CS(=O)(=O)C1CCCC1. The molecule has 1 N–H and O–H groups in total. The maximum atomic E-state index is 12.1. The number of thioether (sulfide) groups is 1. The minimum atomic E-state index is -3.32. The second kappa shape index (κ2) is 6.63. The Bertz CT molecular complexity index is 578. The van der Waals surface area contributed by atoms with Crippen LogP contribution in [-0.2, 0) is 14.6 Å². The molecule has 0 bridgehead atoms. The average molecular weight is 313 g/mol. The van der Waals surface area contributed by atoms with Crippen LogP contribution in [0.5, 0.6) is 0 Å². The summed E-state index contributed by atoms with van der Waals surface area (Å²) in [6.07, 6.45) is 5.19. The molecule has 0 radical (unpaired) electrons. The molecule has 1 aromatic carbocycles. The van der Waals surface area contributed by atoms with Crippen LogP contribution in [-0.4, -0.2) is 31.6 Å². The van der Waals surface area contributed by atoms with Crippen LogP contribution in [0.4, 0.5) is 5.69 Å². The van der Waals surface area contributed by atoms with Gasteiger partial charge in [0.05, 0.1) is 10.9 Å². The van der Waals surface area contributed by atoms with E-state index in [1.165, 1.54) is 11.8 Å². The molecule has 0 spiro atoms. The molecule has 0 aromatic heterocycles. The minimum Gasteiger partial charge on any atom is -0.324 e. The Kier molecular flexibility index (Phi) is 5.10. The lowest BCUT2D eigenvalue weighted by Crippen LogP contribution is -2.29. The molecule has 0 atom stereocenters. The summed E-state index contributed by atoms with van der Waals surface area (Å²) in [5.41, 5.74) is 0.673. The fraction of sp³-hybridized carbons (Fsp3) is 0.500. The first-order valence-corrected chi connectivity index (χ1v) is 9.61. The standard InChI is InChI=1S/C14H19NO3S2/c1-19-13-9-5-4-8-12(13)15-14(16)10-20(17,18)11-6-2-3-7-11/h4-5,8-9,11H,2-3,6-7,10H2,1H3,(H,15,16). The zero-order chi connectivity index (χ0) is 14.6. The molecule has 0 heterocycles. The van der Waals surface area contributed by atoms with Gasteiger partial charge in [-0.2, -0.15) is 0 Å². The van der Waals surface area contributed by atoms with Crippen LogP contribution in [0, 0.1) is 0 Å². The Hall–Kier alpha value is -1.01. The van der Waals surface area contributed by atoms with Gasteiger partial charge in [-0.15, -0.1) is 11.8 Å². The van der Waals surface area contributed by atoms with Gasteiger partial charge in [-0.25, -0.2) is 8.42 Å². The van der Waals surface area contributed by atoms with E-state index in [-0.39, 0.29) is 5.25 Å². The highest BCUT2D eigenvalue weighted by Gasteiger charge is 2.30. The predicted molar refractivity (Wildman–Crippen MR) is 82.9 cm³/mol. The van der Waals surface area contributed by atoms with E-state index in [1.807, 2.05) is 24.5 Å². The highest BCUT2D eigenvalue weighted by Crippen LogP contribution is 2.26. The van der Waals surface area contributed by atoms with Gasteiger partial charge in [-0.3, -0.25) is 4.79 Å². The summed E-state index contributed by atoms with van der Waals surface area (Å²) >= 11 is 1.52. The summed E-state index contributed by atoms with van der Waals surface area (Å²) in [4.78, 5) is 12.9. The zero-order valence-corrected chi connectivity index (χ0v) is 13.1. The van der Waals surface area contributed by atoms with Crippen LogP contribution in [0.15, 0.2) is 29.2 Å².